The Labute approximate surface area is 114 Å². The molecule has 1 unspecified atom stereocenters. The minimum Gasteiger partial charge on any atom is -0.496 e. The molecule has 0 bridgehead atoms. The number of ether oxygens (including phenoxy) is 1. The van der Waals surface area contributed by atoms with Gasteiger partial charge in [0.05, 0.1) is 13.0 Å². The zero-order valence-corrected chi connectivity index (χ0v) is 11.7. The Bertz CT molecular complexity index is 440. The van der Waals surface area contributed by atoms with Gasteiger partial charge in [-0.25, -0.2) is 0 Å². The number of carbonyl (C=O) groups excluding carboxylic acids is 1. The van der Waals surface area contributed by atoms with Gasteiger partial charge in [-0.05, 0) is 32.4 Å². The van der Waals surface area contributed by atoms with E-state index in [2.05, 4.69) is 16.7 Å². The molecule has 0 spiro atoms. The summed E-state index contributed by atoms with van der Waals surface area (Å²) in [6.45, 7) is 4.38. The van der Waals surface area contributed by atoms with Crippen molar-refractivity contribution < 1.29 is 9.53 Å². The number of nitrogens with one attached hydrogen (secondary N) is 2. The molecule has 2 N–H and O–H groups in total. The van der Waals surface area contributed by atoms with Crippen molar-refractivity contribution in [2.75, 3.05) is 20.2 Å². The molecule has 1 fully saturated rings. The Kier molecular flexibility index (Phi) is 4.80. The molecule has 4 heteroatoms. The summed E-state index contributed by atoms with van der Waals surface area (Å²) in [5, 5.41) is 6.27. The van der Waals surface area contributed by atoms with Crippen LogP contribution in [0.5, 0.6) is 5.75 Å². The second-order valence-electron chi connectivity index (χ2n) is 5.08. The summed E-state index contributed by atoms with van der Waals surface area (Å²) in [6, 6.07) is 6.01. The van der Waals surface area contributed by atoms with Crippen molar-refractivity contribution in [3.8, 4) is 5.75 Å². The Morgan fingerprint density at radius 2 is 2.37 bits per heavy atom. The molecule has 4 nitrogen and oxygen atoms in total. The first-order valence-electron chi connectivity index (χ1n) is 6.82. The number of carbonyl (C=O) groups is 1. The highest BCUT2D eigenvalue weighted by atomic mass is 16.5. The van der Waals surface area contributed by atoms with Crippen LogP contribution in [-0.4, -0.2) is 26.1 Å². The molecule has 1 aromatic rings. The second kappa shape index (κ2) is 6.57. The third-order valence-corrected chi connectivity index (χ3v) is 3.56. The van der Waals surface area contributed by atoms with Crippen LogP contribution in [0.1, 0.15) is 24.0 Å². The first kappa shape index (κ1) is 13.9. The van der Waals surface area contributed by atoms with Crippen LogP contribution < -0.4 is 15.4 Å². The monoisotopic (exact) mass is 262 g/mol. The largest absolute Gasteiger partial charge is 0.496 e. The number of methoxy groups -OCH3 is 1. The van der Waals surface area contributed by atoms with E-state index in [4.69, 9.17) is 4.74 Å². The van der Waals surface area contributed by atoms with Gasteiger partial charge in [0.15, 0.2) is 0 Å². The fourth-order valence-corrected chi connectivity index (χ4v) is 2.45. The summed E-state index contributed by atoms with van der Waals surface area (Å²) in [7, 11) is 1.65. The van der Waals surface area contributed by atoms with Crippen molar-refractivity contribution in [3.63, 3.8) is 0 Å². The van der Waals surface area contributed by atoms with Crippen LogP contribution in [0.3, 0.4) is 0 Å². The Balaban J connectivity index is 1.94. The smallest absolute Gasteiger partial charge is 0.224 e. The standard InChI is InChI=1S/C15H22N2O2/c1-11-5-6-14(19-2)13(8-11)10-17-15(18)12-4-3-7-16-9-12/h5-6,8,12,16H,3-4,7,9-10H2,1-2H3,(H,17,18). The average Bonchev–Trinajstić information content (AvgIpc) is 2.46. The Hall–Kier alpha value is -1.55. The molecule has 0 saturated carbocycles. The van der Waals surface area contributed by atoms with E-state index in [0.29, 0.717) is 6.54 Å². The summed E-state index contributed by atoms with van der Waals surface area (Å²) in [6.07, 6.45) is 2.05. The summed E-state index contributed by atoms with van der Waals surface area (Å²) in [5.74, 6) is 1.06. The molecule has 1 aliphatic heterocycles. The fourth-order valence-electron chi connectivity index (χ4n) is 2.45. The van der Waals surface area contributed by atoms with Crippen LogP contribution in [-0.2, 0) is 11.3 Å². The first-order valence-corrected chi connectivity index (χ1v) is 6.82. The second-order valence-corrected chi connectivity index (χ2v) is 5.08. The van der Waals surface area contributed by atoms with Gasteiger partial charge in [-0.1, -0.05) is 17.7 Å². The summed E-state index contributed by atoms with van der Waals surface area (Å²) in [4.78, 5) is 12.1. The first-order chi connectivity index (χ1) is 9.20. The molecular weight excluding hydrogens is 240 g/mol. The molecule has 2 rings (SSSR count). The lowest BCUT2D eigenvalue weighted by Gasteiger charge is -2.22. The molecule has 1 aromatic carbocycles. The van der Waals surface area contributed by atoms with Crippen molar-refractivity contribution in [3.05, 3.63) is 29.3 Å². The maximum atomic E-state index is 12.1. The van der Waals surface area contributed by atoms with Crippen molar-refractivity contribution in [2.24, 2.45) is 5.92 Å². The number of aryl methyl sites for hydroxylation is 1. The van der Waals surface area contributed by atoms with E-state index in [1.807, 2.05) is 19.1 Å². The number of benzene rings is 1. The Morgan fingerprint density at radius 1 is 1.53 bits per heavy atom. The van der Waals surface area contributed by atoms with E-state index < -0.39 is 0 Å². The number of hydrogen-bond acceptors (Lipinski definition) is 3. The number of rotatable bonds is 4. The minimum atomic E-state index is 0.101. The van der Waals surface area contributed by atoms with Crippen molar-refractivity contribution in [2.45, 2.75) is 26.3 Å². The normalized spacial score (nSPS) is 18.9. The summed E-state index contributed by atoms with van der Waals surface area (Å²) < 4.78 is 5.31. The molecule has 1 atom stereocenters. The van der Waals surface area contributed by atoms with Gasteiger partial charge >= 0.3 is 0 Å². The van der Waals surface area contributed by atoms with E-state index in [9.17, 15) is 4.79 Å². The third kappa shape index (κ3) is 3.70. The lowest BCUT2D eigenvalue weighted by molar-refractivity contribution is -0.125. The van der Waals surface area contributed by atoms with Crippen molar-refractivity contribution in [1.29, 1.82) is 0 Å². The highest BCUT2D eigenvalue weighted by Crippen LogP contribution is 2.19. The fraction of sp³-hybridized carbons (Fsp3) is 0.533. The molecule has 1 aliphatic rings. The zero-order valence-electron chi connectivity index (χ0n) is 11.7. The van der Waals surface area contributed by atoms with Crippen LogP contribution >= 0.6 is 0 Å². The highest BCUT2D eigenvalue weighted by molar-refractivity contribution is 5.79. The predicted octanol–water partition coefficient (Wildman–Crippen LogP) is 1.62. The van der Waals surface area contributed by atoms with Crippen LogP contribution in [0.15, 0.2) is 18.2 Å². The molecule has 1 saturated heterocycles. The van der Waals surface area contributed by atoms with Gasteiger partial charge < -0.3 is 15.4 Å². The molecule has 0 aliphatic carbocycles. The van der Waals surface area contributed by atoms with Gasteiger partial charge in [0.1, 0.15) is 5.75 Å². The van der Waals surface area contributed by atoms with Crippen LogP contribution in [0.25, 0.3) is 0 Å². The van der Waals surface area contributed by atoms with E-state index in [1.54, 1.807) is 7.11 Å². The lowest BCUT2D eigenvalue weighted by atomic mass is 9.99. The number of amides is 1. The number of piperidine rings is 1. The lowest BCUT2D eigenvalue weighted by Crippen LogP contribution is -2.40. The number of hydrogen-bond donors (Lipinski definition) is 2. The van der Waals surface area contributed by atoms with Crippen LogP contribution in [0, 0.1) is 12.8 Å². The van der Waals surface area contributed by atoms with Gasteiger partial charge in [0.2, 0.25) is 5.91 Å². The van der Waals surface area contributed by atoms with Crippen molar-refractivity contribution in [1.82, 2.24) is 10.6 Å². The third-order valence-electron chi connectivity index (χ3n) is 3.56. The molecule has 104 valence electrons. The summed E-state index contributed by atoms with van der Waals surface area (Å²) >= 11 is 0. The van der Waals surface area contributed by atoms with E-state index in [-0.39, 0.29) is 11.8 Å². The molecule has 1 heterocycles. The molecule has 0 radical (unpaired) electrons. The molecule has 0 aromatic heterocycles. The van der Waals surface area contributed by atoms with E-state index in [0.717, 1.165) is 37.2 Å². The van der Waals surface area contributed by atoms with E-state index in [1.165, 1.54) is 5.56 Å². The average molecular weight is 262 g/mol. The van der Waals surface area contributed by atoms with Gasteiger partial charge in [-0.3, -0.25) is 4.79 Å². The zero-order chi connectivity index (χ0) is 13.7. The van der Waals surface area contributed by atoms with Gasteiger partial charge in [0, 0.05) is 18.7 Å². The van der Waals surface area contributed by atoms with E-state index >= 15 is 0 Å². The Morgan fingerprint density at radius 3 is 3.05 bits per heavy atom. The minimum absolute atomic E-state index is 0.101. The van der Waals surface area contributed by atoms with Crippen LogP contribution in [0.4, 0.5) is 0 Å². The molecule has 1 amide bonds. The topological polar surface area (TPSA) is 50.4 Å². The van der Waals surface area contributed by atoms with Crippen molar-refractivity contribution >= 4 is 5.91 Å². The van der Waals surface area contributed by atoms with Gasteiger partial charge in [-0.2, -0.15) is 0 Å². The maximum Gasteiger partial charge on any atom is 0.224 e. The molecular formula is C15H22N2O2. The van der Waals surface area contributed by atoms with Gasteiger partial charge in [0.25, 0.3) is 0 Å². The SMILES string of the molecule is COc1ccc(C)cc1CNC(=O)C1CCCNC1. The quantitative estimate of drug-likeness (QED) is 0.867. The highest BCUT2D eigenvalue weighted by Gasteiger charge is 2.20. The van der Waals surface area contributed by atoms with Gasteiger partial charge in [-0.15, -0.1) is 0 Å². The maximum absolute atomic E-state index is 12.1. The van der Waals surface area contributed by atoms with Crippen LogP contribution in [0.2, 0.25) is 0 Å². The predicted molar refractivity (Wildman–Crippen MR) is 75.2 cm³/mol. The molecule has 19 heavy (non-hydrogen) atoms. The summed E-state index contributed by atoms with van der Waals surface area (Å²) in [5.41, 5.74) is 2.20.